The summed E-state index contributed by atoms with van der Waals surface area (Å²) in [6.07, 6.45) is 6.83. The fourth-order valence-electron chi connectivity index (χ4n) is 2.47. The molecule has 1 aromatic heterocycles. The highest BCUT2D eigenvalue weighted by Gasteiger charge is 2.25. The van der Waals surface area contributed by atoms with Crippen LogP contribution in [0.15, 0.2) is 18.5 Å². The van der Waals surface area contributed by atoms with Gasteiger partial charge in [-0.15, -0.1) is 0 Å². The van der Waals surface area contributed by atoms with E-state index in [-0.39, 0.29) is 12.0 Å². The van der Waals surface area contributed by atoms with Crippen LogP contribution >= 0.6 is 11.6 Å². The summed E-state index contributed by atoms with van der Waals surface area (Å²) in [6, 6.07) is 1.77. The number of carbonyl (C=O) groups excluding carboxylic acids is 1. The van der Waals surface area contributed by atoms with Crippen molar-refractivity contribution >= 4 is 17.5 Å². The van der Waals surface area contributed by atoms with Gasteiger partial charge in [-0.2, -0.15) is 0 Å². The van der Waals surface area contributed by atoms with E-state index in [1.165, 1.54) is 0 Å². The molecule has 1 amide bonds. The molecule has 2 unspecified atom stereocenters. The number of hydrogen-bond donors (Lipinski definition) is 0. The van der Waals surface area contributed by atoms with Gasteiger partial charge in [0.1, 0.15) is 16.9 Å². The quantitative estimate of drug-likeness (QED) is 0.835. The molecule has 2 rings (SSSR count). The molecule has 1 fully saturated rings. The van der Waals surface area contributed by atoms with Crippen LogP contribution in [-0.4, -0.2) is 35.0 Å². The van der Waals surface area contributed by atoms with E-state index >= 15 is 0 Å². The average molecular weight is 311 g/mol. The molecule has 1 aliphatic rings. The molecule has 0 radical (unpaired) electrons. The summed E-state index contributed by atoms with van der Waals surface area (Å²) >= 11 is 6.06. The number of halogens is 1. The fraction of sp³-hybridized carbons (Fsp3) is 0.625. The van der Waals surface area contributed by atoms with Crippen LogP contribution in [0.1, 0.15) is 39.5 Å². The number of amides is 1. The van der Waals surface area contributed by atoms with Crippen LogP contribution < -0.4 is 4.74 Å². The lowest BCUT2D eigenvalue weighted by molar-refractivity contribution is -0.134. The molecular formula is C16H23ClN2O2. The summed E-state index contributed by atoms with van der Waals surface area (Å²) in [7, 11) is 0. The van der Waals surface area contributed by atoms with Crippen molar-refractivity contribution in [1.29, 1.82) is 0 Å². The van der Waals surface area contributed by atoms with Gasteiger partial charge in [-0.05, 0) is 18.8 Å². The first-order chi connectivity index (χ1) is 10.1. The summed E-state index contributed by atoms with van der Waals surface area (Å²) in [6.45, 7) is 5.71. The van der Waals surface area contributed by atoms with Gasteiger partial charge in [0.15, 0.2) is 0 Å². The van der Waals surface area contributed by atoms with E-state index in [4.69, 9.17) is 16.3 Å². The van der Waals surface area contributed by atoms with Crippen LogP contribution in [-0.2, 0) is 4.79 Å². The van der Waals surface area contributed by atoms with E-state index in [9.17, 15) is 4.79 Å². The molecule has 0 saturated carbocycles. The lowest BCUT2D eigenvalue weighted by Crippen LogP contribution is -2.44. The van der Waals surface area contributed by atoms with Crippen molar-refractivity contribution in [3.05, 3.63) is 23.5 Å². The van der Waals surface area contributed by atoms with E-state index in [0.717, 1.165) is 25.8 Å². The number of carbonyl (C=O) groups is 1. The largest absolute Gasteiger partial charge is 0.487 e. The highest BCUT2D eigenvalue weighted by molar-refractivity contribution is 6.31. The molecular weight excluding hydrogens is 288 g/mol. The van der Waals surface area contributed by atoms with E-state index < -0.39 is 0 Å². The number of hydrogen-bond acceptors (Lipinski definition) is 3. The van der Waals surface area contributed by atoms with Gasteiger partial charge < -0.3 is 9.64 Å². The lowest BCUT2D eigenvalue weighted by Gasteiger charge is -2.33. The Bertz CT molecular complexity index is 481. The summed E-state index contributed by atoms with van der Waals surface area (Å²) in [4.78, 5) is 18.1. The molecule has 0 aliphatic carbocycles. The van der Waals surface area contributed by atoms with E-state index in [1.807, 2.05) is 4.90 Å². The third-order valence-electron chi connectivity index (χ3n) is 3.98. The third-order valence-corrected chi connectivity index (χ3v) is 4.26. The van der Waals surface area contributed by atoms with Gasteiger partial charge in [0.25, 0.3) is 0 Å². The molecule has 0 bridgehead atoms. The minimum atomic E-state index is 0.0135. The van der Waals surface area contributed by atoms with E-state index in [1.54, 1.807) is 18.5 Å². The van der Waals surface area contributed by atoms with Crippen LogP contribution in [0.3, 0.4) is 0 Å². The van der Waals surface area contributed by atoms with Crippen molar-refractivity contribution in [1.82, 2.24) is 9.88 Å². The number of aromatic nitrogens is 1. The first kappa shape index (κ1) is 16.1. The maximum absolute atomic E-state index is 12.3. The molecule has 1 aromatic rings. The zero-order chi connectivity index (χ0) is 15.2. The Morgan fingerprint density at radius 1 is 1.62 bits per heavy atom. The zero-order valence-corrected chi connectivity index (χ0v) is 13.5. The second-order valence-electron chi connectivity index (χ2n) is 5.75. The van der Waals surface area contributed by atoms with Gasteiger partial charge in [-0.25, -0.2) is 0 Å². The van der Waals surface area contributed by atoms with Gasteiger partial charge in [-0.3, -0.25) is 9.78 Å². The van der Waals surface area contributed by atoms with Gasteiger partial charge >= 0.3 is 0 Å². The minimum absolute atomic E-state index is 0.0135. The van der Waals surface area contributed by atoms with E-state index in [2.05, 4.69) is 18.8 Å². The monoisotopic (exact) mass is 310 g/mol. The SMILES string of the molecule is CCC(C)CC(=O)N1CCCC(Oc2ccncc2Cl)C1. The maximum Gasteiger partial charge on any atom is 0.222 e. The Balaban J connectivity index is 1.92. The second kappa shape index (κ2) is 7.64. The van der Waals surface area contributed by atoms with Crippen molar-refractivity contribution in [2.75, 3.05) is 13.1 Å². The first-order valence-corrected chi connectivity index (χ1v) is 8.02. The minimum Gasteiger partial charge on any atom is -0.487 e. The number of ether oxygens (including phenoxy) is 1. The Morgan fingerprint density at radius 3 is 3.14 bits per heavy atom. The molecule has 1 aliphatic heterocycles. The van der Waals surface area contributed by atoms with Gasteiger partial charge in [0.2, 0.25) is 5.91 Å². The summed E-state index contributed by atoms with van der Waals surface area (Å²) in [5, 5.41) is 0.514. The van der Waals surface area contributed by atoms with Crippen molar-refractivity contribution in [3.8, 4) is 5.75 Å². The Morgan fingerprint density at radius 2 is 2.43 bits per heavy atom. The van der Waals surface area contributed by atoms with Crippen LogP contribution in [0.25, 0.3) is 0 Å². The Kier molecular flexibility index (Phi) is 5.85. The number of nitrogens with zero attached hydrogens (tertiary/aromatic N) is 2. The molecule has 0 spiro atoms. The average Bonchev–Trinajstić information content (AvgIpc) is 2.49. The number of likely N-dealkylation sites (tertiary alicyclic amines) is 1. The van der Waals surface area contributed by atoms with Crippen LogP contribution in [0.2, 0.25) is 5.02 Å². The predicted octanol–water partition coefficient (Wildman–Crippen LogP) is 3.54. The van der Waals surface area contributed by atoms with E-state index in [0.29, 0.717) is 29.7 Å². The highest BCUT2D eigenvalue weighted by atomic mass is 35.5. The second-order valence-corrected chi connectivity index (χ2v) is 6.15. The van der Waals surface area contributed by atoms with Gasteiger partial charge in [0.05, 0.1) is 6.54 Å². The molecule has 0 N–H and O–H groups in total. The predicted molar refractivity (Wildman–Crippen MR) is 83.5 cm³/mol. The van der Waals surface area contributed by atoms with Gasteiger partial charge in [0, 0.05) is 31.4 Å². The van der Waals surface area contributed by atoms with Crippen LogP contribution in [0.5, 0.6) is 5.75 Å². The molecule has 0 aromatic carbocycles. The Labute approximate surface area is 131 Å². The first-order valence-electron chi connectivity index (χ1n) is 7.64. The maximum atomic E-state index is 12.3. The fourth-order valence-corrected chi connectivity index (χ4v) is 2.63. The van der Waals surface area contributed by atoms with Crippen LogP contribution in [0.4, 0.5) is 0 Å². The van der Waals surface area contributed by atoms with Crippen molar-refractivity contribution in [2.24, 2.45) is 5.92 Å². The lowest BCUT2D eigenvalue weighted by atomic mass is 10.0. The normalized spacial score (nSPS) is 20.1. The number of piperidine rings is 1. The zero-order valence-electron chi connectivity index (χ0n) is 12.7. The van der Waals surface area contributed by atoms with Gasteiger partial charge in [-0.1, -0.05) is 31.9 Å². The third kappa shape index (κ3) is 4.60. The molecule has 21 heavy (non-hydrogen) atoms. The number of rotatable bonds is 5. The summed E-state index contributed by atoms with van der Waals surface area (Å²) < 4.78 is 5.93. The highest BCUT2D eigenvalue weighted by Crippen LogP contribution is 2.26. The van der Waals surface area contributed by atoms with Crippen molar-refractivity contribution in [3.63, 3.8) is 0 Å². The molecule has 4 nitrogen and oxygen atoms in total. The standard InChI is InChI=1S/C16H23ClN2O2/c1-3-12(2)9-16(20)19-8-4-5-13(11-19)21-15-6-7-18-10-14(15)17/h6-7,10,12-13H,3-5,8-9,11H2,1-2H3. The van der Waals surface area contributed by atoms with Crippen molar-refractivity contribution in [2.45, 2.75) is 45.6 Å². The summed E-state index contributed by atoms with van der Waals surface area (Å²) in [5.41, 5.74) is 0. The summed E-state index contributed by atoms with van der Waals surface area (Å²) in [5.74, 6) is 1.32. The topological polar surface area (TPSA) is 42.4 Å². The molecule has 116 valence electrons. The molecule has 2 atom stereocenters. The Hall–Kier alpha value is -1.29. The van der Waals surface area contributed by atoms with Crippen LogP contribution in [0, 0.1) is 5.92 Å². The molecule has 1 saturated heterocycles. The van der Waals surface area contributed by atoms with Crippen molar-refractivity contribution < 1.29 is 9.53 Å². The molecule has 2 heterocycles. The number of pyridine rings is 1. The molecule has 5 heteroatoms. The smallest absolute Gasteiger partial charge is 0.222 e.